The normalized spacial score (nSPS) is 11.4. The van der Waals surface area contributed by atoms with Crippen molar-refractivity contribution in [2.75, 3.05) is 46.4 Å². The van der Waals surface area contributed by atoms with Gasteiger partial charge >= 0.3 is 5.97 Å². The molecule has 260 valence electrons. The van der Waals surface area contributed by atoms with Crippen LogP contribution in [0.25, 0.3) is 0 Å². The number of carbonyl (C=O) groups is 5. The number of hydrazine groups is 1. The molecule has 0 aromatic heterocycles. The number of guanidine groups is 1. The van der Waals surface area contributed by atoms with Gasteiger partial charge in [0.15, 0.2) is 5.96 Å². The van der Waals surface area contributed by atoms with E-state index in [1.807, 2.05) is 6.92 Å². The van der Waals surface area contributed by atoms with Crippen LogP contribution in [0.1, 0.15) is 110 Å². The molecule has 0 rings (SSSR count). The molecule has 14 heteroatoms. The molecule has 14 nitrogen and oxygen atoms in total. The molecular weight excluding hydrogens is 580 g/mol. The first-order chi connectivity index (χ1) is 21.6. The molecule has 0 unspecified atom stereocenters. The van der Waals surface area contributed by atoms with Crippen molar-refractivity contribution in [2.45, 2.75) is 116 Å². The van der Waals surface area contributed by atoms with E-state index in [0.717, 1.165) is 64.2 Å². The van der Waals surface area contributed by atoms with E-state index >= 15 is 0 Å². The molecule has 0 aromatic carbocycles. The van der Waals surface area contributed by atoms with Crippen LogP contribution < -0.4 is 33.0 Å². The minimum Gasteiger partial charge on any atom is -0.469 e. The van der Waals surface area contributed by atoms with Crippen LogP contribution in [0.4, 0.5) is 0 Å². The Morgan fingerprint density at radius 3 is 1.98 bits per heavy atom. The molecule has 0 saturated heterocycles. The molecule has 0 aliphatic heterocycles. The van der Waals surface area contributed by atoms with E-state index in [0.29, 0.717) is 64.8 Å². The number of ketones is 1. The number of amides is 3. The SMILES string of the molecule is CCCN(CC(=O)NCCCCCC(=O)NCCCCCC(=O)OC)C(=O)CCCCCNN[C@@H](CCCN=C(N)N)C(C)=O. The Morgan fingerprint density at radius 1 is 0.778 bits per heavy atom. The highest BCUT2D eigenvalue weighted by Crippen LogP contribution is 2.06. The number of Topliss-reactive ketones (excluding diaryl/α,β-unsaturated/α-hetero) is 1. The Hall–Kier alpha value is -3.26. The zero-order valence-corrected chi connectivity index (χ0v) is 27.9. The van der Waals surface area contributed by atoms with Crippen LogP contribution in [-0.2, 0) is 28.7 Å². The van der Waals surface area contributed by atoms with Gasteiger partial charge in [-0.05, 0) is 64.7 Å². The van der Waals surface area contributed by atoms with Gasteiger partial charge in [0.25, 0.3) is 0 Å². The van der Waals surface area contributed by atoms with E-state index < -0.39 is 0 Å². The highest BCUT2D eigenvalue weighted by Gasteiger charge is 2.16. The van der Waals surface area contributed by atoms with Crippen molar-refractivity contribution in [1.82, 2.24) is 26.4 Å². The van der Waals surface area contributed by atoms with Gasteiger partial charge in [-0.2, -0.15) is 0 Å². The van der Waals surface area contributed by atoms with E-state index in [9.17, 15) is 24.0 Å². The molecule has 0 spiro atoms. The number of hydrogen-bond acceptors (Lipinski definition) is 9. The largest absolute Gasteiger partial charge is 0.469 e. The number of unbranched alkanes of at least 4 members (excludes halogenated alkanes) is 6. The molecule has 0 heterocycles. The van der Waals surface area contributed by atoms with Gasteiger partial charge in [-0.25, -0.2) is 5.43 Å². The summed E-state index contributed by atoms with van der Waals surface area (Å²) >= 11 is 0. The number of nitrogens with two attached hydrogens (primary N) is 2. The quantitative estimate of drug-likeness (QED) is 0.0228. The first-order valence-corrected chi connectivity index (χ1v) is 16.5. The summed E-state index contributed by atoms with van der Waals surface area (Å²) in [5.41, 5.74) is 16.8. The number of nitrogens with one attached hydrogen (secondary N) is 4. The van der Waals surface area contributed by atoms with Crippen LogP contribution in [0.2, 0.25) is 0 Å². The standard InChI is InChI=1S/C31H60N8O6/c1-4-23-39(29(43)17-9-6-13-22-37-38-26(25(2)40)15-14-21-36-31(32)33)24-28(42)35-20-11-5-8-16-27(41)34-19-12-7-10-18-30(44)45-3/h26,37-38H,4-24H2,1-3H3,(H,34,41)(H,35,42)(H4,32,33,36)/t26-/m0/s1. The van der Waals surface area contributed by atoms with E-state index in [2.05, 4.69) is 31.2 Å². The van der Waals surface area contributed by atoms with Gasteiger partial charge in [0.1, 0.15) is 5.78 Å². The van der Waals surface area contributed by atoms with Crippen LogP contribution in [0.15, 0.2) is 4.99 Å². The Balaban J connectivity index is 3.99. The lowest BCUT2D eigenvalue weighted by Gasteiger charge is -2.21. The fraction of sp³-hybridized carbons (Fsp3) is 0.806. The minimum absolute atomic E-state index is 0.0163. The number of esters is 1. The second-order valence-electron chi connectivity index (χ2n) is 11.2. The van der Waals surface area contributed by atoms with Gasteiger partial charge in [-0.3, -0.25) is 34.4 Å². The average molecular weight is 641 g/mol. The lowest BCUT2D eigenvalue weighted by molar-refractivity contribution is -0.140. The fourth-order valence-electron chi connectivity index (χ4n) is 4.50. The molecule has 0 radical (unpaired) electrons. The number of aliphatic imine (C=N–C) groups is 1. The van der Waals surface area contributed by atoms with E-state index in [1.165, 1.54) is 7.11 Å². The van der Waals surface area contributed by atoms with Gasteiger partial charge < -0.3 is 31.7 Å². The zero-order chi connectivity index (χ0) is 33.7. The molecule has 0 saturated carbocycles. The molecule has 1 atom stereocenters. The molecular formula is C31H60N8O6. The maximum absolute atomic E-state index is 12.7. The Kier molecular flexibility index (Phi) is 26.2. The maximum atomic E-state index is 12.7. The van der Waals surface area contributed by atoms with Crippen molar-refractivity contribution < 1.29 is 28.7 Å². The first-order valence-electron chi connectivity index (χ1n) is 16.5. The number of methoxy groups -OCH3 is 1. The molecule has 45 heavy (non-hydrogen) atoms. The van der Waals surface area contributed by atoms with Crippen molar-refractivity contribution in [2.24, 2.45) is 16.5 Å². The fourth-order valence-corrected chi connectivity index (χ4v) is 4.50. The summed E-state index contributed by atoms with van der Waals surface area (Å²) in [7, 11) is 1.38. The van der Waals surface area contributed by atoms with Crippen LogP contribution >= 0.6 is 0 Å². The molecule has 0 fully saturated rings. The lowest BCUT2D eigenvalue weighted by atomic mass is 10.1. The summed E-state index contributed by atoms with van der Waals surface area (Å²) in [6, 6.07) is -0.311. The van der Waals surface area contributed by atoms with Crippen LogP contribution in [0, 0.1) is 0 Å². The Morgan fingerprint density at radius 2 is 1.38 bits per heavy atom. The number of hydrogen-bond donors (Lipinski definition) is 6. The summed E-state index contributed by atoms with van der Waals surface area (Å²) in [6.45, 7) is 6.36. The molecule has 0 aromatic rings. The van der Waals surface area contributed by atoms with E-state index in [4.69, 9.17) is 11.5 Å². The summed E-state index contributed by atoms with van der Waals surface area (Å²) in [5, 5.41) is 5.78. The van der Waals surface area contributed by atoms with Gasteiger partial charge in [0.2, 0.25) is 17.7 Å². The van der Waals surface area contributed by atoms with Gasteiger partial charge in [0, 0.05) is 52.0 Å². The summed E-state index contributed by atoms with van der Waals surface area (Å²) in [4.78, 5) is 65.5. The second kappa shape index (κ2) is 28.2. The third-order valence-electron chi connectivity index (χ3n) is 7.10. The van der Waals surface area contributed by atoms with Crippen molar-refractivity contribution in [3.63, 3.8) is 0 Å². The summed E-state index contributed by atoms with van der Waals surface area (Å²) in [5.74, 6) is -0.306. The predicted molar refractivity (Wildman–Crippen MR) is 176 cm³/mol. The monoisotopic (exact) mass is 640 g/mol. The van der Waals surface area contributed by atoms with Crippen molar-refractivity contribution in [3.05, 3.63) is 0 Å². The van der Waals surface area contributed by atoms with Crippen LogP contribution in [0.5, 0.6) is 0 Å². The number of ether oxygens (including phenoxy) is 1. The Bertz CT molecular complexity index is 882. The minimum atomic E-state index is -0.311. The third kappa shape index (κ3) is 25.7. The summed E-state index contributed by atoms with van der Waals surface area (Å²) < 4.78 is 4.60. The van der Waals surface area contributed by atoms with Crippen molar-refractivity contribution in [1.29, 1.82) is 0 Å². The highest BCUT2D eigenvalue weighted by atomic mass is 16.5. The maximum Gasteiger partial charge on any atom is 0.305 e. The molecule has 0 aliphatic rings. The average Bonchev–Trinajstić information content (AvgIpc) is 3.00. The Labute approximate surface area is 269 Å². The smallest absolute Gasteiger partial charge is 0.305 e. The first kappa shape index (κ1) is 41.7. The third-order valence-corrected chi connectivity index (χ3v) is 7.10. The summed E-state index contributed by atoms with van der Waals surface area (Å²) in [6.07, 6.45) is 10.5. The number of rotatable bonds is 29. The molecule has 3 amide bonds. The van der Waals surface area contributed by atoms with Crippen molar-refractivity contribution in [3.8, 4) is 0 Å². The lowest BCUT2D eigenvalue weighted by Crippen LogP contribution is -2.45. The molecule has 8 N–H and O–H groups in total. The highest BCUT2D eigenvalue weighted by molar-refractivity contribution is 5.84. The second-order valence-corrected chi connectivity index (χ2v) is 11.2. The number of carbonyl (C=O) groups excluding carboxylic acids is 5. The molecule has 0 aliphatic carbocycles. The zero-order valence-electron chi connectivity index (χ0n) is 27.9. The number of nitrogens with zero attached hydrogens (tertiary/aromatic N) is 2. The van der Waals surface area contributed by atoms with Crippen molar-refractivity contribution >= 4 is 35.4 Å². The topological polar surface area (TPSA) is 210 Å². The van der Waals surface area contributed by atoms with Crippen LogP contribution in [-0.4, -0.2) is 92.8 Å². The van der Waals surface area contributed by atoms with Gasteiger partial charge in [-0.1, -0.05) is 26.2 Å². The predicted octanol–water partition coefficient (Wildman–Crippen LogP) is 1.42. The van der Waals surface area contributed by atoms with E-state index in [1.54, 1.807) is 11.8 Å². The van der Waals surface area contributed by atoms with Crippen LogP contribution in [0.3, 0.4) is 0 Å². The molecule has 0 bridgehead atoms. The van der Waals surface area contributed by atoms with Gasteiger partial charge in [0.05, 0.1) is 19.7 Å². The van der Waals surface area contributed by atoms with Gasteiger partial charge in [-0.15, -0.1) is 0 Å². The van der Waals surface area contributed by atoms with E-state index in [-0.39, 0.29) is 48.0 Å².